The van der Waals surface area contributed by atoms with Crippen molar-refractivity contribution in [1.29, 1.82) is 0 Å². The summed E-state index contributed by atoms with van der Waals surface area (Å²) >= 11 is 0. The first-order valence-corrected chi connectivity index (χ1v) is 11.0. The first-order chi connectivity index (χ1) is 13.2. The largest absolute Gasteiger partial charge is 0.475 e. The molecular weight excluding hydrogens is 334 g/mol. The maximum atomic E-state index is 6.55. The van der Waals surface area contributed by atoms with Crippen LogP contribution in [0.3, 0.4) is 0 Å². The molecule has 0 aromatic carbocycles. The average molecular weight is 370 g/mol. The van der Waals surface area contributed by atoms with Crippen LogP contribution in [0, 0.1) is 23.7 Å². The van der Waals surface area contributed by atoms with Crippen LogP contribution in [-0.2, 0) is 4.74 Å². The van der Waals surface area contributed by atoms with Gasteiger partial charge in [0, 0.05) is 11.8 Å². The van der Waals surface area contributed by atoms with Crippen LogP contribution >= 0.6 is 0 Å². The smallest absolute Gasteiger partial charge is 0.194 e. The van der Waals surface area contributed by atoms with E-state index in [4.69, 9.17) is 14.7 Å². The van der Waals surface area contributed by atoms with Gasteiger partial charge in [-0.3, -0.25) is 15.3 Å². The highest BCUT2D eigenvalue weighted by atomic mass is 16.5. The summed E-state index contributed by atoms with van der Waals surface area (Å²) in [5, 5.41) is 3.70. The van der Waals surface area contributed by atoms with E-state index in [0.29, 0.717) is 36.6 Å². The SMILES string of the molecule is CCC1=NCNC(C2C=C(C)C=CC2C)C1C1=NCC(C2CCCCC2)O1. The Labute approximate surface area is 164 Å². The van der Waals surface area contributed by atoms with Crippen LogP contribution in [-0.4, -0.2) is 37.0 Å². The topological polar surface area (TPSA) is 46.0 Å². The Kier molecular flexibility index (Phi) is 5.82. The summed E-state index contributed by atoms with van der Waals surface area (Å²) in [5.41, 5.74) is 2.61. The van der Waals surface area contributed by atoms with Gasteiger partial charge in [-0.05, 0) is 43.9 Å². The molecule has 1 N–H and O–H groups in total. The lowest BCUT2D eigenvalue weighted by Gasteiger charge is -2.39. The number of aliphatic imine (C=N–C) groups is 2. The van der Waals surface area contributed by atoms with Gasteiger partial charge in [0.25, 0.3) is 0 Å². The highest BCUT2D eigenvalue weighted by molar-refractivity contribution is 6.05. The third kappa shape index (κ3) is 3.91. The summed E-state index contributed by atoms with van der Waals surface area (Å²) in [4.78, 5) is 9.74. The van der Waals surface area contributed by atoms with Crippen molar-refractivity contribution in [3.63, 3.8) is 0 Å². The molecule has 0 saturated heterocycles. The van der Waals surface area contributed by atoms with Crippen molar-refractivity contribution >= 4 is 11.6 Å². The van der Waals surface area contributed by atoms with E-state index in [2.05, 4.69) is 44.3 Å². The quantitative estimate of drug-likeness (QED) is 0.791. The van der Waals surface area contributed by atoms with Crippen molar-refractivity contribution in [2.24, 2.45) is 33.7 Å². The predicted molar refractivity (Wildman–Crippen MR) is 112 cm³/mol. The van der Waals surface area contributed by atoms with E-state index < -0.39 is 0 Å². The van der Waals surface area contributed by atoms with Crippen molar-refractivity contribution in [2.45, 2.75) is 71.4 Å². The minimum atomic E-state index is 0.181. The van der Waals surface area contributed by atoms with E-state index in [1.54, 1.807) is 0 Å². The van der Waals surface area contributed by atoms with E-state index in [9.17, 15) is 0 Å². The maximum Gasteiger partial charge on any atom is 0.194 e. The molecule has 0 aromatic heterocycles. The van der Waals surface area contributed by atoms with Gasteiger partial charge in [0.2, 0.25) is 0 Å². The Hall–Kier alpha value is -1.42. The molecule has 2 aliphatic heterocycles. The Bertz CT molecular complexity index is 657. The molecule has 1 saturated carbocycles. The normalized spacial score (nSPS) is 37.4. The van der Waals surface area contributed by atoms with Gasteiger partial charge in [0.05, 0.1) is 19.1 Å². The molecular formula is C23H35N3O. The molecule has 5 atom stereocenters. The summed E-state index contributed by atoms with van der Waals surface area (Å²) in [7, 11) is 0. The molecule has 0 spiro atoms. The second-order valence-corrected chi connectivity index (χ2v) is 8.81. The minimum absolute atomic E-state index is 0.181. The predicted octanol–water partition coefficient (Wildman–Crippen LogP) is 4.53. The molecule has 0 amide bonds. The zero-order chi connectivity index (χ0) is 18.8. The molecule has 2 aliphatic carbocycles. The van der Waals surface area contributed by atoms with Crippen LogP contribution < -0.4 is 5.32 Å². The second kappa shape index (κ2) is 8.30. The van der Waals surface area contributed by atoms with Crippen LogP contribution in [0.5, 0.6) is 0 Å². The fourth-order valence-electron chi connectivity index (χ4n) is 5.37. The maximum absolute atomic E-state index is 6.55. The molecule has 2 heterocycles. The number of hydrogen-bond donors (Lipinski definition) is 1. The molecule has 27 heavy (non-hydrogen) atoms. The van der Waals surface area contributed by atoms with Crippen molar-refractivity contribution in [2.75, 3.05) is 13.2 Å². The van der Waals surface area contributed by atoms with Gasteiger partial charge in [-0.2, -0.15) is 0 Å². The lowest BCUT2D eigenvalue weighted by Crippen LogP contribution is -2.53. The number of ether oxygens (including phenoxy) is 1. The zero-order valence-electron chi connectivity index (χ0n) is 17.2. The van der Waals surface area contributed by atoms with Gasteiger partial charge in [-0.15, -0.1) is 0 Å². The van der Waals surface area contributed by atoms with Crippen LogP contribution in [0.1, 0.15) is 59.3 Å². The van der Waals surface area contributed by atoms with Gasteiger partial charge in [0.15, 0.2) is 5.90 Å². The van der Waals surface area contributed by atoms with E-state index in [1.807, 2.05) is 0 Å². The Balaban J connectivity index is 1.54. The monoisotopic (exact) mass is 369 g/mol. The first-order valence-electron chi connectivity index (χ1n) is 11.0. The lowest BCUT2D eigenvalue weighted by atomic mass is 9.74. The Morgan fingerprint density at radius 3 is 2.78 bits per heavy atom. The fraction of sp³-hybridized carbons (Fsp3) is 0.739. The van der Waals surface area contributed by atoms with E-state index in [1.165, 1.54) is 43.4 Å². The standard InChI is InChI=1S/C23H35N3O/c1-4-19-21(23-24-13-20(27-23)17-8-6-5-7-9-17)22(26-14-25-19)18-12-15(2)10-11-16(18)3/h10-12,16-18,20-22,26H,4-9,13-14H2,1-3H3. The molecule has 0 radical (unpaired) electrons. The van der Waals surface area contributed by atoms with Crippen LogP contribution in [0.25, 0.3) is 0 Å². The number of nitrogens with zero attached hydrogens (tertiary/aromatic N) is 2. The molecule has 0 aromatic rings. The summed E-state index contributed by atoms with van der Waals surface area (Å²) in [6.45, 7) is 8.29. The third-order valence-corrected chi connectivity index (χ3v) is 6.97. The molecule has 4 nitrogen and oxygen atoms in total. The summed E-state index contributed by atoms with van der Waals surface area (Å²) in [6.07, 6.45) is 15.0. The van der Waals surface area contributed by atoms with Crippen molar-refractivity contribution in [3.05, 3.63) is 23.8 Å². The number of allylic oxidation sites excluding steroid dienone is 3. The van der Waals surface area contributed by atoms with Crippen LogP contribution in [0.2, 0.25) is 0 Å². The molecule has 4 rings (SSSR count). The Morgan fingerprint density at radius 2 is 2.00 bits per heavy atom. The molecule has 148 valence electrons. The first kappa shape index (κ1) is 18.9. The summed E-state index contributed by atoms with van der Waals surface area (Å²) < 4.78 is 6.55. The molecule has 1 fully saturated rings. The van der Waals surface area contributed by atoms with Gasteiger partial charge >= 0.3 is 0 Å². The van der Waals surface area contributed by atoms with Gasteiger partial charge in [0.1, 0.15) is 6.10 Å². The van der Waals surface area contributed by atoms with E-state index in [-0.39, 0.29) is 5.92 Å². The van der Waals surface area contributed by atoms with Gasteiger partial charge < -0.3 is 4.74 Å². The van der Waals surface area contributed by atoms with E-state index >= 15 is 0 Å². The van der Waals surface area contributed by atoms with Crippen LogP contribution in [0.15, 0.2) is 33.8 Å². The lowest BCUT2D eigenvalue weighted by molar-refractivity contribution is 0.115. The molecule has 4 aliphatic rings. The van der Waals surface area contributed by atoms with Crippen molar-refractivity contribution in [3.8, 4) is 0 Å². The number of nitrogens with one attached hydrogen (secondary N) is 1. The number of hydrogen-bond acceptors (Lipinski definition) is 4. The average Bonchev–Trinajstić information content (AvgIpc) is 3.19. The molecule has 0 bridgehead atoms. The third-order valence-electron chi connectivity index (χ3n) is 6.97. The van der Waals surface area contributed by atoms with Crippen molar-refractivity contribution in [1.82, 2.24) is 5.32 Å². The van der Waals surface area contributed by atoms with Crippen LogP contribution in [0.4, 0.5) is 0 Å². The summed E-state index contributed by atoms with van der Waals surface area (Å²) in [5.74, 6) is 2.80. The molecule has 5 unspecified atom stereocenters. The summed E-state index contributed by atoms with van der Waals surface area (Å²) in [6, 6.07) is 0.316. The van der Waals surface area contributed by atoms with E-state index in [0.717, 1.165) is 18.9 Å². The Morgan fingerprint density at radius 1 is 1.19 bits per heavy atom. The number of rotatable bonds is 4. The van der Waals surface area contributed by atoms with Gasteiger partial charge in [-0.1, -0.05) is 56.9 Å². The van der Waals surface area contributed by atoms with Crippen molar-refractivity contribution < 1.29 is 4.74 Å². The second-order valence-electron chi connectivity index (χ2n) is 8.81. The molecule has 4 heteroatoms. The zero-order valence-corrected chi connectivity index (χ0v) is 17.2. The van der Waals surface area contributed by atoms with Gasteiger partial charge in [-0.25, -0.2) is 0 Å². The fourth-order valence-corrected chi connectivity index (χ4v) is 5.37. The minimum Gasteiger partial charge on any atom is -0.475 e. The highest BCUT2D eigenvalue weighted by Crippen LogP contribution is 2.35. The highest BCUT2D eigenvalue weighted by Gasteiger charge is 2.42.